The van der Waals surface area contributed by atoms with E-state index in [2.05, 4.69) is 249 Å². The molecule has 1 aromatic heterocycles. The molecule has 0 spiro atoms. The SMILES string of the molecule is c1ccc(C2=C(c3ccccc3)C(c3ccccc3-c3cccc4ccccc34)=C3C2=C(c2ccc(-c4ccccc4)nc2)c2cc(-c4ccccc4)c(-c4ccccc4)cc23)cc1. The van der Waals surface area contributed by atoms with Gasteiger partial charge in [0, 0.05) is 17.3 Å². The van der Waals surface area contributed by atoms with Crippen molar-refractivity contribution in [2.24, 2.45) is 0 Å². The highest BCUT2D eigenvalue weighted by Gasteiger charge is 2.41. The average Bonchev–Trinajstić information content (AvgIpc) is 3.89. The fraction of sp³-hybridized carbons (Fsp3) is 0. The second-order valence-corrected chi connectivity index (χ2v) is 16.5. The highest BCUT2D eigenvalue weighted by atomic mass is 14.7. The van der Waals surface area contributed by atoms with Crippen molar-refractivity contribution in [3.8, 4) is 44.6 Å². The Morgan fingerprint density at radius 1 is 0.219 bits per heavy atom. The summed E-state index contributed by atoms with van der Waals surface area (Å²) in [5.74, 6) is 0. The second-order valence-electron chi connectivity index (χ2n) is 16.5. The Labute approximate surface area is 374 Å². The minimum absolute atomic E-state index is 0.952. The maximum Gasteiger partial charge on any atom is 0.0702 e. The highest BCUT2D eigenvalue weighted by molar-refractivity contribution is 6.40. The zero-order valence-electron chi connectivity index (χ0n) is 35.1. The number of rotatable bonds is 8. The molecule has 10 aromatic rings. The van der Waals surface area contributed by atoms with Crippen molar-refractivity contribution >= 4 is 38.6 Å². The number of allylic oxidation sites excluding steroid dienone is 5. The summed E-state index contributed by atoms with van der Waals surface area (Å²) in [7, 11) is 0. The average molecular weight is 812 g/mol. The van der Waals surface area contributed by atoms with E-state index in [1.54, 1.807) is 0 Å². The van der Waals surface area contributed by atoms with Gasteiger partial charge < -0.3 is 0 Å². The van der Waals surface area contributed by atoms with E-state index in [0.29, 0.717) is 0 Å². The summed E-state index contributed by atoms with van der Waals surface area (Å²) in [6, 6.07) is 88.2. The number of pyridine rings is 1. The van der Waals surface area contributed by atoms with E-state index < -0.39 is 0 Å². The van der Waals surface area contributed by atoms with Crippen molar-refractivity contribution in [1.29, 1.82) is 0 Å². The van der Waals surface area contributed by atoms with E-state index >= 15 is 0 Å². The Kier molecular flexibility index (Phi) is 9.24. The van der Waals surface area contributed by atoms with Crippen LogP contribution in [0.15, 0.2) is 254 Å². The van der Waals surface area contributed by atoms with Crippen LogP contribution in [0.4, 0.5) is 0 Å². The lowest BCUT2D eigenvalue weighted by molar-refractivity contribution is 1.30. The van der Waals surface area contributed by atoms with Gasteiger partial charge in [0.05, 0.1) is 5.69 Å². The van der Waals surface area contributed by atoms with E-state index in [9.17, 15) is 0 Å². The molecule has 0 fully saturated rings. The van der Waals surface area contributed by atoms with E-state index in [1.165, 1.54) is 105 Å². The summed E-state index contributed by atoms with van der Waals surface area (Å²) >= 11 is 0. The predicted octanol–water partition coefficient (Wildman–Crippen LogP) is 16.3. The van der Waals surface area contributed by atoms with E-state index in [0.717, 1.165) is 16.8 Å². The van der Waals surface area contributed by atoms with Gasteiger partial charge in [0.1, 0.15) is 0 Å². The van der Waals surface area contributed by atoms with Gasteiger partial charge in [0.25, 0.3) is 0 Å². The highest BCUT2D eigenvalue weighted by Crippen LogP contribution is 2.63. The Hall–Kier alpha value is -8.39. The Bertz CT molecular complexity index is 3470. The molecule has 0 unspecified atom stereocenters. The number of hydrogen-bond acceptors (Lipinski definition) is 1. The van der Waals surface area contributed by atoms with Crippen LogP contribution in [0.5, 0.6) is 0 Å². The van der Waals surface area contributed by atoms with Gasteiger partial charge in [-0.2, -0.15) is 0 Å². The van der Waals surface area contributed by atoms with Crippen LogP contribution in [0.1, 0.15) is 33.4 Å². The zero-order chi connectivity index (χ0) is 42.4. The van der Waals surface area contributed by atoms with Crippen LogP contribution in [-0.2, 0) is 0 Å². The van der Waals surface area contributed by atoms with Gasteiger partial charge >= 0.3 is 0 Å². The monoisotopic (exact) mass is 811 g/mol. The summed E-state index contributed by atoms with van der Waals surface area (Å²) in [6.07, 6.45) is 2.09. The zero-order valence-corrected chi connectivity index (χ0v) is 35.1. The summed E-state index contributed by atoms with van der Waals surface area (Å²) in [4.78, 5) is 5.19. The maximum absolute atomic E-state index is 5.19. The van der Waals surface area contributed by atoms with Gasteiger partial charge in [-0.1, -0.05) is 224 Å². The number of benzene rings is 9. The van der Waals surface area contributed by atoms with E-state index in [4.69, 9.17) is 4.98 Å². The first-order valence-electron chi connectivity index (χ1n) is 22.0. The Morgan fingerprint density at radius 2 is 0.656 bits per heavy atom. The van der Waals surface area contributed by atoms with Crippen molar-refractivity contribution in [3.05, 3.63) is 288 Å². The van der Waals surface area contributed by atoms with Gasteiger partial charge in [-0.05, 0) is 124 Å². The minimum Gasteiger partial charge on any atom is -0.256 e. The second kappa shape index (κ2) is 15.8. The molecular formula is C63H41N. The molecule has 9 aromatic carbocycles. The molecule has 298 valence electrons. The molecule has 2 aliphatic rings. The molecule has 0 bridgehead atoms. The standard InChI is InChI=1S/C63H41N/c1-6-21-43(22-7-1)53-39-55-56(40-54(53)44-23-8-2-9-24-44)62-61(52-35-19-18-34-51(52)50-36-20-32-42-25-16-17-33-49(42)50)59(46-28-12-4-13-29-46)60(47-30-14-5-15-31-47)63(62)58(55)48-37-38-57(64-41-48)45-26-10-3-11-27-45/h1-41H. The lowest BCUT2D eigenvalue weighted by atomic mass is 9.82. The normalized spacial score (nSPS) is 13.1. The first-order valence-corrected chi connectivity index (χ1v) is 22.0. The molecule has 64 heavy (non-hydrogen) atoms. The lowest BCUT2D eigenvalue weighted by Crippen LogP contribution is -1.98. The van der Waals surface area contributed by atoms with Crippen molar-refractivity contribution in [2.45, 2.75) is 0 Å². The van der Waals surface area contributed by atoms with Gasteiger partial charge in [-0.15, -0.1) is 0 Å². The molecule has 0 N–H and O–H groups in total. The van der Waals surface area contributed by atoms with Crippen molar-refractivity contribution in [1.82, 2.24) is 4.98 Å². The van der Waals surface area contributed by atoms with Crippen LogP contribution in [-0.4, -0.2) is 4.98 Å². The van der Waals surface area contributed by atoms with Crippen LogP contribution in [0, 0.1) is 0 Å². The van der Waals surface area contributed by atoms with Crippen LogP contribution in [0.2, 0.25) is 0 Å². The van der Waals surface area contributed by atoms with Gasteiger partial charge in [-0.25, -0.2) is 0 Å². The number of aromatic nitrogens is 1. The van der Waals surface area contributed by atoms with E-state index in [-0.39, 0.29) is 0 Å². The first-order chi connectivity index (χ1) is 31.8. The summed E-state index contributed by atoms with van der Waals surface area (Å²) in [5.41, 5.74) is 23.7. The Morgan fingerprint density at radius 3 is 1.23 bits per heavy atom. The molecule has 0 amide bonds. The van der Waals surface area contributed by atoms with Crippen molar-refractivity contribution in [3.63, 3.8) is 0 Å². The van der Waals surface area contributed by atoms with Gasteiger partial charge in [0.2, 0.25) is 0 Å². The quantitative estimate of drug-likeness (QED) is 0.149. The van der Waals surface area contributed by atoms with Crippen molar-refractivity contribution < 1.29 is 0 Å². The smallest absolute Gasteiger partial charge is 0.0702 e. The molecule has 12 rings (SSSR count). The van der Waals surface area contributed by atoms with Crippen LogP contribution in [0.3, 0.4) is 0 Å². The summed E-state index contributed by atoms with van der Waals surface area (Å²) < 4.78 is 0. The third kappa shape index (κ3) is 6.29. The van der Waals surface area contributed by atoms with Crippen LogP contribution >= 0.6 is 0 Å². The van der Waals surface area contributed by atoms with E-state index in [1.807, 2.05) is 0 Å². The first kappa shape index (κ1) is 37.4. The fourth-order valence-electron chi connectivity index (χ4n) is 10.1. The number of nitrogens with zero attached hydrogens (tertiary/aromatic N) is 1. The number of hydrogen-bond donors (Lipinski definition) is 0. The molecule has 0 aliphatic heterocycles. The fourth-order valence-corrected chi connectivity index (χ4v) is 10.1. The molecule has 2 aliphatic carbocycles. The molecule has 1 heterocycles. The maximum atomic E-state index is 5.19. The van der Waals surface area contributed by atoms with Gasteiger partial charge in [0.15, 0.2) is 0 Å². The largest absolute Gasteiger partial charge is 0.256 e. The topological polar surface area (TPSA) is 12.9 Å². The summed E-state index contributed by atoms with van der Waals surface area (Å²) in [6.45, 7) is 0. The molecular weight excluding hydrogens is 771 g/mol. The number of fused-ring (bicyclic) bond motifs is 4. The van der Waals surface area contributed by atoms with Gasteiger partial charge in [-0.3, -0.25) is 4.98 Å². The molecule has 0 saturated heterocycles. The molecule has 1 nitrogen and oxygen atoms in total. The molecule has 0 saturated carbocycles. The third-order valence-electron chi connectivity index (χ3n) is 12.9. The minimum atomic E-state index is 0.952. The molecule has 0 radical (unpaired) electrons. The lowest BCUT2D eigenvalue weighted by Gasteiger charge is -2.20. The van der Waals surface area contributed by atoms with Crippen LogP contribution < -0.4 is 0 Å². The third-order valence-corrected chi connectivity index (χ3v) is 12.9. The van der Waals surface area contributed by atoms with Crippen molar-refractivity contribution in [2.75, 3.05) is 0 Å². The molecule has 0 atom stereocenters. The Balaban J connectivity index is 1.25. The molecule has 1 heteroatoms. The van der Waals surface area contributed by atoms with Crippen LogP contribution in [0.25, 0.3) is 83.3 Å². The summed E-state index contributed by atoms with van der Waals surface area (Å²) in [5, 5.41) is 2.46. The predicted molar refractivity (Wildman–Crippen MR) is 269 cm³/mol.